The monoisotopic (exact) mass is 409 g/mol. The zero-order chi connectivity index (χ0) is 21.0. The van der Waals surface area contributed by atoms with Crippen LogP contribution in [0.2, 0.25) is 0 Å². The molecular formula is C23H23NO4S. The molecule has 0 aliphatic heterocycles. The first-order valence-corrected chi connectivity index (χ1v) is 9.99. The fourth-order valence-corrected chi connectivity index (χ4v) is 4.08. The van der Waals surface area contributed by atoms with Gasteiger partial charge in [-0.25, -0.2) is 4.79 Å². The lowest BCUT2D eigenvalue weighted by Crippen LogP contribution is -2.21. The maximum Gasteiger partial charge on any atom is 0.341 e. The lowest BCUT2D eigenvalue weighted by Gasteiger charge is -2.10. The van der Waals surface area contributed by atoms with Crippen LogP contribution in [-0.2, 0) is 9.53 Å². The number of methoxy groups -OCH3 is 1. The highest BCUT2D eigenvalue weighted by Crippen LogP contribution is 2.40. The summed E-state index contributed by atoms with van der Waals surface area (Å²) in [7, 11) is 1.34. The van der Waals surface area contributed by atoms with Crippen LogP contribution >= 0.6 is 11.3 Å². The molecule has 0 saturated carbocycles. The van der Waals surface area contributed by atoms with E-state index in [-0.39, 0.29) is 12.5 Å². The van der Waals surface area contributed by atoms with E-state index >= 15 is 0 Å². The third kappa shape index (κ3) is 4.66. The average molecular weight is 410 g/mol. The molecular weight excluding hydrogens is 386 g/mol. The summed E-state index contributed by atoms with van der Waals surface area (Å²) < 4.78 is 10.5. The molecule has 0 bridgehead atoms. The number of hydrogen-bond donors (Lipinski definition) is 1. The Balaban J connectivity index is 1.89. The van der Waals surface area contributed by atoms with Crippen LogP contribution in [0.25, 0.3) is 11.1 Å². The summed E-state index contributed by atoms with van der Waals surface area (Å²) in [6.45, 7) is 5.85. The molecule has 0 aliphatic rings. The van der Waals surface area contributed by atoms with Crippen molar-refractivity contribution in [3.05, 3.63) is 70.1 Å². The van der Waals surface area contributed by atoms with Gasteiger partial charge in [0.05, 0.1) is 7.11 Å². The van der Waals surface area contributed by atoms with Crippen LogP contribution in [0.4, 0.5) is 5.00 Å². The lowest BCUT2D eigenvalue weighted by molar-refractivity contribution is -0.118. The zero-order valence-electron chi connectivity index (χ0n) is 16.9. The number of nitrogens with one attached hydrogen (secondary N) is 1. The number of hydrogen-bond acceptors (Lipinski definition) is 5. The van der Waals surface area contributed by atoms with Gasteiger partial charge in [0.1, 0.15) is 16.3 Å². The van der Waals surface area contributed by atoms with Gasteiger partial charge in [0.15, 0.2) is 6.61 Å². The molecule has 1 amide bonds. The fourth-order valence-electron chi connectivity index (χ4n) is 3.00. The zero-order valence-corrected chi connectivity index (χ0v) is 17.7. The smallest absolute Gasteiger partial charge is 0.341 e. The molecule has 3 rings (SSSR count). The average Bonchev–Trinajstić information content (AvgIpc) is 3.04. The van der Waals surface area contributed by atoms with Crippen molar-refractivity contribution in [1.82, 2.24) is 0 Å². The molecule has 0 aliphatic carbocycles. The van der Waals surface area contributed by atoms with Crippen molar-refractivity contribution in [2.24, 2.45) is 0 Å². The van der Waals surface area contributed by atoms with Crippen molar-refractivity contribution >= 4 is 28.2 Å². The van der Waals surface area contributed by atoms with E-state index in [9.17, 15) is 9.59 Å². The summed E-state index contributed by atoms with van der Waals surface area (Å²) in [5.74, 6) is -0.220. The maximum atomic E-state index is 12.6. The molecule has 2 aromatic carbocycles. The van der Waals surface area contributed by atoms with Crippen LogP contribution in [0.1, 0.15) is 26.4 Å². The van der Waals surface area contributed by atoms with E-state index in [4.69, 9.17) is 9.47 Å². The molecule has 0 saturated heterocycles. The number of para-hydroxylation sites is 1. The number of anilines is 1. The van der Waals surface area contributed by atoms with Crippen molar-refractivity contribution in [1.29, 1.82) is 0 Å². The summed E-state index contributed by atoms with van der Waals surface area (Å²) in [5, 5.41) is 3.27. The Morgan fingerprint density at radius 2 is 1.72 bits per heavy atom. The predicted molar refractivity (Wildman–Crippen MR) is 116 cm³/mol. The molecule has 3 aromatic rings. The Bertz CT molecular complexity index is 1040. The summed E-state index contributed by atoms with van der Waals surface area (Å²) >= 11 is 1.35. The van der Waals surface area contributed by atoms with Crippen molar-refractivity contribution < 1.29 is 19.1 Å². The fraction of sp³-hybridized carbons (Fsp3) is 0.217. The topological polar surface area (TPSA) is 64.6 Å². The highest BCUT2D eigenvalue weighted by atomic mass is 32.1. The molecule has 0 atom stereocenters. The molecule has 0 spiro atoms. The second-order valence-electron chi connectivity index (χ2n) is 6.68. The largest absolute Gasteiger partial charge is 0.484 e. The van der Waals surface area contributed by atoms with Crippen LogP contribution in [0.15, 0.2) is 48.5 Å². The third-order valence-corrected chi connectivity index (χ3v) is 5.66. The number of thiophene rings is 1. The van der Waals surface area contributed by atoms with Crippen LogP contribution in [0.5, 0.6) is 5.75 Å². The Labute approximate surface area is 174 Å². The van der Waals surface area contributed by atoms with Gasteiger partial charge in [-0.15, -0.1) is 11.3 Å². The number of benzene rings is 2. The molecule has 6 heteroatoms. The number of aryl methyl sites for hydroxylation is 3. The molecule has 0 radical (unpaired) electrons. The normalized spacial score (nSPS) is 10.5. The number of rotatable bonds is 6. The third-order valence-electron chi connectivity index (χ3n) is 4.64. The van der Waals surface area contributed by atoms with E-state index in [1.165, 1.54) is 24.0 Å². The highest BCUT2D eigenvalue weighted by molar-refractivity contribution is 7.17. The molecule has 1 heterocycles. The molecule has 150 valence electrons. The first-order chi connectivity index (χ1) is 13.9. The Morgan fingerprint density at radius 3 is 2.38 bits per heavy atom. The summed E-state index contributed by atoms with van der Waals surface area (Å²) in [4.78, 5) is 25.9. The molecule has 5 nitrogen and oxygen atoms in total. The highest BCUT2D eigenvalue weighted by Gasteiger charge is 2.25. The van der Waals surface area contributed by atoms with Gasteiger partial charge in [0, 0.05) is 10.4 Å². The van der Waals surface area contributed by atoms with Crippen LogP contribution in [-0.4, -0.2) is 25.6 Å². The Morgan fingerprint density at radius 1 is 1.00 bits per heavy atom. The van der Waals surface area contributed by atoms with Gasteiger partial charge < -0.3 is 14.8 Å². The van der Waals surface area contributed by atoms with Gasteiger partial charge in [-0.2, -0.15) is 0 Å². The molecule has 1 N–H and O–H groups in total. The van der Waals surface area contributed by atoms with E-state index in [2.05, 4.69) is 5.32 Å². The minimum Gasteiger partial charge on any atom is -0.484 e. The quantitative estimate of drug-likeness (QED) is 0.572. The summed E-state index contributed by atoms with van der Waals surface area (Å²) in [5.41, 5.74) is 4.37. The van der Waals surface area contributed by atoms with Crippen LogP contribution in [0, 0.1) is 20.8 Å². The van der Waals surface area contributed by atoms with Gasteiger partial charge in [-0.3, -0.25) is 4.79 Å². The SMILES string of the molecule is COC(=O)c1c(NC(=O)COc2ccccc2)sc(C)c1-c1ccc(C)c(C)c1. The van der Waals surface area contributed by atoms with E-state index in [0.717, 1.165) is 21.6 Å². The second kappa shape index (κ2) is 8.92. The summed E-state index contributed by atoms with van der Waals surface area (Å²) in [6.07, 6.45) is 0. The second-order valence-corrected chi connectivity index (χ2v) is 7.90. The maximum absolute atomic E-state index is 12.6. The van der Waals surface area contributed by atoms with E-state index in [1.54, 1.807) is 12.1 Å². The van der Waals surface area contributed by atoms with Crippen molar-refractivity contribution in [2.75, 3.05) is 19.0 Å². The number of esters is 1. The van der Waals surface area contributed by atoms with Gasteiger partial charge in [0.25, 0.3) is 5.91 Å². The van der Waals surface area contributed by atoms with Crippen molar-refractivity contribution in [3.63, 3.8) is 0 Å². The molecule has 0 fully saturated rings. The predicted octanol–water partition coefficient (Wildman–Crippen LogP) is 5.14. The van der Waals surface area contributed by atoms with Crippen LogP contribution in [0.3, 0.4) is 0 Å². The number of ether oxygens (including phenoxy) is 2. The number of carbonyl (C=O) groups excluding carboxylic acids is 2. The summed E-state index contributed by atoms with van der Waals surface area (Å²) in [6, 6.07) is 15.1. The molecule has 29 heavy (non-hydrogen) atoms. The van der Waals surface area contributed by atoms with Gasteiger partial charge in [0.2, 0.25) is 0 Å². The Hall–Kier alpha value is -3.12. The van der Waals surface area contributed by atoms with E-state index in [1.807, 2.05) is 57.2 Å². The Kier molecular flexibility index (Phi) is 6.34. The molecule has 0 unspecified atom stereocenters. The van der Waals surface area contributed by atoms with Crippen LogP contribution < -0.4 is 10.1 Å². The number of carbonyl (C=O) groups is 2. The lowest BCUT2D eigenvalue weighted by atomic mass is 9.97. The first kappa shape index (κ1) is 20.6. The van der Waals surface area contributed by atoms with Gasteiger partial charge in [-0.05, 0) is 49.6 Å². The number of amides is 1. The van der Waals surface area contributed by atoms with E-state index < -0.39 is 5.97 Å². The van der Waals surface area contributed by atoms with E-state index in [0.29, 0.717) is 16.3 Å². The standard InChI is InChI=1S/C23H23NO4S/c1-14-10-11-17(12-15(14)2)20-16(3)29-22(21(20)23(26)27-4)24-19(25)13-28-18-8-6-5-7-9-18/h5-12H,13H2,1-4H3,(H,24,25). The molecule has 1 aromatic heterocycles. The van der Waals surface area contributed by atoms with Gasteiger partial charge in [-0.1, -0.05) is 36.4 Å². The minimum atomic E-state index is -0.484. The van der Waals surface area contributed by atoms with Gasteiger partial charge >= 0.3 is 5.97 Å². The first-order valence-electron chi connectivity index (χ1n) is 9.17. The van der Waals surface area contributed by atoms with Crippen molar-refractivity contribution in [3.8, 4) is 16.9 Å². The van der Waals surface area contributed by atoms with Crippen molar-refractivity contribution in [2.45, 2.75) is 20.8 Å². The minimum absolute atomic E-state index is 0.152.